The van der Waals surface area contributed by atoms with E-state index in [1.807, 2.05) is 20.8 Å². The lowest BCUT2D eigenvalue weighted by Gasteiger charge is -2.23. The van der Waals surface area contributed by atoms with Gasteiger partial charge in [-0.15, -0.1) is 0 Å². The predicted molar refractivity (Wildman–Crippen MR) is 77.9 cm³/mol. The van der Waals surface area contributed by atoms with Crippen molar-refractivity contribution < 1.29 is 13.2 Å². The summed E-state index contributed by atoms with van der Waals surface area (Å²) in [5.74, 6) is 0. The van der Waals surface area contributed by atoms with Gasteiger partial charge in [-0.3, -0.25) is 4.98 Å². The second-order valence-electron chi connectivity index (χ2n) is 5.92. The van der Waals surface area contributed by atoms with Crippen LogP contribution in [0.2, 0.25) is 0 Å². The second kappa shape index (κ2) is 4.72. The molecule has 1 aromatic carbocycles. The van der Waals surface area contributed by atoms with Crippen LogP contribution in [0, 0.1) is 6.92 Å². The molecule has 0 bridgehead atoms. The predicted octanol–water partition coefficient (Wildman–Crippen LogP) is 5.62. The van der Waals surface area contributed by atoms with Crippen molar-refractivity contribution in [3.8, 4) is 0 Å². The van der Waals surface area contributed by atoms with Crippen LogP contribution in [0.4, 0.5) is 13.2 Å². The van der Waals surface area contributed by atoms with Gasteiger partial charge in [0.15, 0.2) is 0 Å². The Bertz CT molecular complexity index is 669. The molecule has 0 saturated heterocycles. The summed E-state index contributed by atoms with van der Waals surface area (Å²) in [5.41, 5.74) is 0.450. The van der Waals surface area contributed by atoms with Crippen molar-refractivity contribution >= 4 is 26.8 Å². The van der Waals surface area contributed by atoms with Crippen molar-refractivity contribution in [2.24, 2.45) is 0 Å². The average Bonchev–Trinajstić information content (AvgIpc) is 2.24. The molecule has 0 atom stereocenters. The first kappa shape index (κ1) is 15.3. The van der Waals surface area contributed by atoms with Gasteiger partial charge in [-0.2, -0.15) is 13.2 Å². The summed E-state index contributed by atoms with van der Waals surface area (Å²) in [5, 5.41) is 0.136. The van der Waals surface area contributed by atoms with Crippen LogP contribution < -0.4 is 0 Å². The average molecular weight is 346 g/mol. The van der Waals surface area contributed by atoms with Gasteiger partial charge in [0.05, 0.1) is 21.2 Å². The minimum absolute atomic E-state index is 0.0376. The summed E-state index contributed by atoms with van der Waals surface area (Å²) in [6.07, 6.45) is -4.42. The van der Waals surface area contributed by atoms with E-state index in [1.165, 1.54) is 6.07 Å². The third-order valence-electron chi connectivity index (χ3n) is 3.07. The van der Waals surface area contributed by atoms with Gasteiger partial charge in [0.2, 0.25) is 0 Å². The van der Waals surface area contributed by atoms with E-state index in [0.717, 1.165) is 5.56 Å². The number of rotatable bonds is 0. The monoisotopic (exact) mass is 345 g/mol. The fraction of sp³-hybridized carbons (Fsp3) is 0.400. The third kappa shape index (κ3) is 2.68. The highest BCUT2D eigenvalue weighted by Gasteiger charge is 2.38. The summed E-state index contributed by atoms with van der Waals surface area (Å²) < 4.78 is 40.3. The van der Waals surface area contributed by atoms with E-state index < -0.39 is 17.2 Å². The van der Waals surface area contributed by atoms with Crippen molar-refractivity contribution in [1.29, 1.82) is 0 Å². The smallest absolute Gasteiger partial charge is 0.251 e. The fourth-order valence-corrected chi connectivity index (χ4v) is 3.25. The van der Waals surface area contributed by atoms with Gasteiger partial charge in [-0.05, 0) is 35.0 Å². The van der Waals surface area contributed by atoms with Crippen molar-refractivity contribution in [3.63, 3.8) is 0 Å². The highest BCUT2D eigenvalue weighted by Crippen LogP contribution is 2.43. The number of aromatic nitrogens is 1. The number of benzene rings is 1. The Labute approximate surface area is 124 Å². The number of pyridine rings is 1. The zero-order valence-corrected chi connectivity index (χ0v) is 13.3. The first-order valence-corrected chi connectivity index (χ1v) is 6.98. The molecule has 0 saturated carbocycles. The molecule has 0 aliphatic carbocycles. The topological polar surface area (TPSA) is 12.9 Å². The van der Waals surface area contributed by atoms with E-state index in [1.54, 1.807) is 19.1 Å². The Hall–Kier alpha value is -1.10. The Kier molecular flexibility index (Phi) is 3.61. The second-order valence-corrected chi connectivity index (χ2v) is 6.71. The summed E-state index contributed by atoms with van der Waals surface area (Å²) in [7, 11) is 0. The van der Waals surface area contributed by atoms with Crippen LogP contribution >= 0.6 is 15.9 Å². The van der Waals surface area contributed by atoms with E-state index >= 15 is 0 Å². The molecule has 2 aromatic rings. The molecule has 0 aliphatic rings. The molecule has 0 radical (unpaired) electrons. The molecule has 5 heteroatoms. The van der Waals surface area contributed by atoms with Gasteiger partial charge < -0.3 is 0 Å². The normalized spacial score (nSPS) is 13.0. The van der Waals surface area contributed by atoms with Crippen molar-refractivity contribution in [1.82, 2.24) is 4.98 Å². The molecular formula is C15H15BrF3N. The molecule has 0 fully saturated rings. The lowest BCUT2D eigenvalue weighted by atomic mass is 9.89. The number of aryl methyl sites for hydroxylation is 1. The summed E-state index contributed by atoms with van der Waals surface area (Å²) in [4.78, 5) is 4.41. The fourth-order valence-electron chi connectivity index (χ4n) is 2.13. The molecule has 1 heterocycles. The molecule has 1 aromatic heterocycles. The minimum Gasteiger partial charge on any atom is -0.251 e. The maximum absolute atomic E-state index is 13.4. The highest BCUT2D eigenvalue weighted by molar-refractivity contribution is 9.10. The molecule has 0 aliphatic heterocycles. The molecule has 0 unspecified atom stereocenters. The lowest BCUT2D eigenvalue weighted by molar-refractivity contribution is -0.137. The van der Waals surface area contributed by atoms with Crippen LogP contribution in [0.15, 0.2) is 22.7 Å². The molecule has 20 heavy (non-hydrogen) atoms. The zero-order valence-electron chi connectivity index (χ0n) is 11.7. The van der Waals surface area contributed by atoms with Crippen molar-refractivity contribution in [2.45, 2.75) is 39.3 Å². The SMILES string of the molecule is Cc1ccc2nc(C(C)(C)C)c(Br)c(C(F)(F)F)c2c1. The van der Waals surface area contributed by atoms with E-state index in [2.05, 4.69) is 20.9 Å². The summed E-state index contributed by atoms with van der Waals surface area (Å²) in [6, 6.07) is 4.94. The van der Waals surface area contributed by atoms with Gasteiger partial charge in [-0.25, -0.2) is 0 Å². The molecule has 0 N–H and O–H groups in total. The number of nitrogens with zero attached hydrogens (tertiary/aromatic N) is 1. The van der Waals surface area contributed by atoms with E-state index in [0.29, 0.717) is 11.2 Å². The van der Waals surface area contributed by atoms with Gasteiger partial charge in [-0.1, -0.05) is 32.4 Å². The molecule has 0 amide bonds. The van der Waals surface area contributed by atoms with Crippen molar-refractivity contribution in [2.75, 3.05) is 0 Å². The standard InChI is InChI=1S/C15H15BrF3N/c1-8-5-6-10-9(7-8)11(15(17,18)19)12(16)13(20-10)14(2,3)4/h5-7H,1-4H3. The van der Waals surface area contributed by atoms with Crippen molar-refractivity contribution in [3.05, 3.63) is 39.5 Å². The Morgan fingerprint density at radius 1 is 1.10 bits per heavy atom. The molecule has 108 valence electrons. The quantitative estimate of drug-likeness (QED) is 0.603. The zero-order chi connectivity index (χ0) is 15.3. The number of halogens is 4. The Morgan fingerprint density at radius 3 is 2.20 bits per heavy atom. The number of fused-ring (bicyclic) bond motifs is 1. The minimum atomic E-state index is -4.42. The Balaban J connectivity index is 2.97. The lowest BCUT2D eigenvalue weighted by Crippen LogP contribution is -2.18. The largest absolute Gasteiger partial charge is 0.418 e. The van der Waals surface area contributed by atoms with Gasteiger partial charge in [0.1, 0.15) is 0 Å². The summed E-state index contributed by atoms with van der Waals surface area (Å²) >= 11 is 3.12. The van der Waals surface area contributed by atoms with E-state index in [4.69, 9.17) is 0 Å². The molecule has 2 rings (SSSR count). The van der Waals surface area contributed by atoms with Crippen LogP contribution in [-0.4, -0.2) is 4.98 Å². The first-order valence-electron chi connectivity index (χ1n) is 6.19. The molecule has 0 spiro atoms. The molecular weight excluding hydrogens is 331 g/mol. The first-order chi connectivity index (χ1) is 9.01. The number of alkyl halides is 3. The van der Waals surface area contributed by atoms with Gasteiger partial charge in [0.25, 0.3) is 0 Å². The van der Waals surface area contributed by atoms with E-state index in [-0.39, 0.29) is 9.86 Å². The third-order valence-corrected chi connectivity index (χ3v) is 3.85. The number of hydrogen-bond acceptors (Lipinski definition) is 1. The van der Waals surface area contributed by atoms with E-state index in [9.17, 15) is 13.2 Å². The molecule has 1 nitrogen and oxygen atoms in total. The Morgan fingerprint density at radius 2 is 1.70 bits per heavy atom. The highest BCUT2D eigenvalue weighted by atomic mass is 79.9. The van der Waals surface area contributed by atoms with Gasteiger partial charge >= 0.3 is 6.18 Å². The number of hydrogen-bond donors (Lipinski definition) is 0. The maximum atomic E-state index is 13.4. The van der Waals surface area contributed by atoms with Crippen LogP contribution in [-0.2, 0) is 11.6 Å². The van der Waals surface area contributed by atoms with Gasteiger partial charge in [0, 0.05) is 10.8 Å². The van der Waals surface area contributed by atoms with Crippen LogP contribution in [0.25, 0.3) is 10.9 Å². The van der Waals surface area contributed by atoms with Crippen LogP contribution in [0.1, 0.15) is 37.6 Å². The van der Waals surface area contributed by atoms with Crippen LogP contribution in [0.3, 0.4) is 0 Å². The maximum Gasteiger partial charge on any atom is 0.418 e. The van der Waals surface area contributed by atoms with Crippen LogP contribution in [0.5, 0.6) is 0 Å². The summed E-state index contributed by atoms with van der Waals surface area (Å²) in [6.45, 7) is 7.31.